The third-order valence-electron chi connectivity index (χ3n) is 1.65. The minimum absolute atomic E-state index is 0.111. The van der Waals surface area contributed by atoms with E-state index in [0.717, 1.165) is 20.8 Å². The van der Waals surface area contributed by atoms with Gasteiger partial charge in [0.2, 0.25) is 0 Å². The Morgan fingerprint density at radius 3 is 1.47 bits per heavy atom. The smallest absolute Gasteiger partial charge is 0.454 e. The molecule has 1 unspecified atom stereocenters. The van der Waals surface area contributed by atoms with Crippen molar-refractivity contribution in [2.75, 3.05) is 0 Å². The van der Waals surface area contributed by atoms with Gasteiger partial charge in [0.1, 0.15) is 0 Å². The minimum atomic E-state index is -4.08. The maximum atomic E-state index is 11.0. The Bertz CT molecular complexity index is 274. The molecule has 0 aromatic carbocycles. The zero-order chi connectivity index (χ0) is 13.6. The van der Waals surface area contributed by atoms with Crippen LogP contribution in [0.2, 0.25) is 0 Å². The summed E-state index contributed by atoms with van der Waals surface area (Å²) in [6.45, 7) is 4.77. The molecule has 0 aliphatic carbocycles. The van der Waals surface area contributed by atoms with Crippen LogP contribution in [0.4, 0.5) is 0 Å². The summed E-state index contributed by atoms with van der Waals surface area (Å²) < 4.78 is 14.3. The van der Waals surface area contributed by atoms with Crippen LogP contribution >= 0.6 is 0 Å². The number of hydrogen-bond acceptors (Lipinski definition) is 7. The van der Waals surface area contributed by atoms with E-state index in [4.69, 9.17) is 13.3 Å². The van der Waals surface area contributed by atoms with Crippen molar-refractivity contribution in [3.05, 3.63) is 0 Å². The molecule has 0 rings (SSSR count). The van der Waals surface area contributed by atoms with Crippen molar-refractivity contribution in [2.24, 2.45) is 0 Å². The molecule has 98 valence electrons. The molecule has 0 fully saturated rings. The lowest BCUT2D eigenvalue weighted by molar-refractivity contribution is -0.150. The Labute approximate surface area is 100 Å². The van der Waals surface area contributed by atoms with E-state index in [0.29, 0.717) is 0 Å². The van der Waals surface area contributed by atoms with Gasteiger partial charge < -0.3 is 18.4 Å². The van der Waals surface area contributed by atoms with Crippen LogP contribution in [0.25, 0.3) is 0 Å². The third kappa shape index (κ3) is 4.96. The predicted octanol–water partition coefficient (Wildman–Crippen LogP) is -0.0753. The molecule has 0 spiro atoms. The first-order valence-electron chi connectivity index (χ1n) is 5.00. The van der Waals surface area contributed by atoms with Gasteiger partial charge in [-0.05, 0) is 6.42 Å². The summed E-state index contributed by atoms with van der Waals surface area (Å²) >= 11 is 0. The highest BCUT2D eigenvalue weighted by Gasteiger charge is 2.58. The van der Waals surface area contributed by atoms with Crippen LogP contribution in [-0.2, 0) is 27.7 Å². The lowest BCUT2D eigenvalue weighted by Crippen LogP contribution is -2.58. The first kappa shape index (κ1) is 15.6. The molecule has 0 bridgehead atoms. The normalized spacial score (nSPS) is 12.5. The molecule has 0 saturated heterocycles. The zero-order valence-corrected chi connectivity index (χ0v) is 11.2. The number of aliphatic hydroxyl groups is 1. The summed E-state index contributed by atoms with van der Waals surface area (Å²) in [6.07, 6.45) is 0.111. The number of carbonyl (C=O) groups excluding carboxylic acids is 3. The number of hydrogen-bond donors (Lipinski definition) is 1. The summed E-state index contributed by atoms with van der Waals surface area (Å²) in [5, 5.41) is 9.74. The topological polar surface area (TPSA) is 99.1 Å². The summed E-state index contributed by atoms with van der Waals surface area (Å²) in [6, 6.07) is 0. The van der Waals surface area contributed by atoms with Crippen LogP contribution in [0.1, 0.15) is 34.1 Å². The second-order valence-corrected chi connectivity index (χ2v) is 5.79. The Morgan fingerprint density at radius 1 is 1.00 bits per heavy atom. The maximum Gasteiger partial charge on any atom is 0.735 e. The van der Waals surface area contributed by atoms with Crippen molar-refractivity contribution in [3.8, 4) is 0 Å². The molecular weight excluding hydrogens is 248 g/mol. The Hall–Kier alpha value is -1.41. The lowest BCUT2D eigenvalue weighted by Gasteiger charge is -2.29. The maximum absolute atomic E-state index is 11.0. The van der Waals surface area contributed by atoms with Gasteiger partial charge in [-0.3, -0.25) is 14.4 Å². The zero-order valence-electron chi connectivity index (χ0n) is 10.2. The molecule has 8 heteroatoms. The average Bonchev–Trinajstić information content (AvgIpc) is 2.12. The van der Waals surface area contributed by atoms with Crippen molar-refractivity contribution >= 4 is 26.7 Å². The highest BCUT2D eigenvalue weighted by Crippen LogP contribution is 2.18. The minimum Gasteiger partial charge on any atom is -0.454 e. The molecule has 1 N–H and O–H groups in total. The van der Waals surface area contributed by atoms with Gasteiger partial charge in [-0.1, -0.05) is 6.92 Å². The molecule has 17 heavy (non-hydrogen) atoms. The SMILES string of the molecule is CCC(O)[Si](OC(C)=O)(OC(C)=O)OC(C)=O. The third-order valence-corrected chi connectivity index (χ3v) is 4.59. The highest BCUT2D eigenvalue weighted by atomic mass is 28.4. The van der Waals surface area contributed by atoms with Crippen molar-refractivity contribution in [3.63, 3.8) is 0 Å². The van der Waals surface area contributed by atoms with Crippen LogP contribution in [0.5, 0.6) is 0 Å². The first-order chi connectivity index (χ1) is 7.73. The summed E-state index contributed by atoms with van der Waals surface area (Å²) in [4.78, 5) is 32.9. The van der Waals surface area contributed by atoms with Crippen LogP contribution in [0, 0.1) is 0 Å². The molecule has 0 saturated carbocycles. The van der Waals surface area contributed by atoms with Gasteiger partial charge in [0.25, 0.3) is 17.9 Å². The van der Waals surface area contributed by atoms with Crippen LogP contribution in [-0.4, -0.2) is 37.5 Å². The molecule has 1 atom stereocenters. The highest BCUT2D eigenvalue weighted by molar-refractivity contribution is 6.66. The number of rotatable bonds is 5. The van der Waals surface area contributed by atoms with Gasteiger partial charge in [-0.15, -0.1) is 0 Å². The van der Waals surface area contributed by atoms with E-state index in [1.807, 2.05) is 0 Å². The molecule has 0 aliphatic rings. The van der Waals surface area contributed by atoms with Crippen molar-refractivity contribution in [1.82, 2.24) is 0 Å². The summed E-state index contributed by atoms with van der Waals surface area (Å²) in [7, 11) is -4.08. The Kier molecular flexibility index (Phi) is 5.83. The molecule has 0 amide bonds. The first-order valence-corrected chi connectivity index (χ1v) is 6.80. The molecule has 0 aromatic rings. The van der Waals surface area contributed by atoms with Crippen molar-refractivity contribution in [2.45, 2.75) is 39.8 Å². The van der Waals surface area contributed by atoms with E-state index in [9.17, 15) is 19.5 Å². The molecular formula is C9H16O7Si. The van der Waals surface area contributed by atoms with Gasteiger partial charge in [0, 0.05) is 20.8 Å². The Balaban J connectivity index is 5.24. The standard InChI is InChI=1S/C9H16O7Si/c1-5-9(13)17(14-6(2)10,15-7(3)11)16-8(4)12/h9,13H,5H2,1-4H3. The average molecular weight is 264 g/mol. The van der Waals surface area contributed by atoms with Gasteiger partial charge in [-0.25, -0.2) is 0 Å². The molecule has 0 radical (unpaired) electrons. The fourth-order valence-electron chi connectivity index (χ4n) is 1.12. The van der Waals surface area contributed by atoms with Gasteiger partial charge >= 0.3 is 8.80 Å². The van der Waals surface area contributed by atoms with Gasteiger partial charge in [0.15, 0.2) is 5.73 Å². The van der Waals surface area contributed by atoms with E-state index in [2.05, 4.69) is 0 Å². The number of carbonyl (C=O) groups is 3. The Morgan fingerprint density at radius 2 is 1.29 bits per heavy atom. The van der Waals surface area contributed by atoms with Crippen LogP contribution in [0.3, 0.4) is 0 Å². The second kappa shape index (κ2) is 6.35. The van der Waals surface area contributed by atoms with Crippen molar-refractivity contribution < 1.29 is 32.8 Å². The van der Waals surface area contributed by atoms with E-state index < -0.39 is 32.4 Å². The summed E-state index contributed by atoms with van der Waals surface area (Å²) in [5.41, 5.74) is -1.33. The molecule has 7 nitrogen and oxygen atoms in total. The largest absolute Gasteiger partial charge is 0.735 e. The van der Waals surface area contributed by atoms with Crippen LogP contribution in [0.15, 0.2) is 0 Å². The fourth-order valence-corrected chi connectivity index (χ4v) is 3.35. The van der Waals surface area contributed by atoms with E-state index in [1.165, 1.54) is 0 Å². The van der Waals surface area contributed by atoms with E-state index in [1.54, 1.807) is 6.92 Å². The van der Waals surface area contributed by atoms with Crippen molar-refractivity contribution in [1.29, 1.82) is 0 Å². The van der Waals surface area contributed by atoms with E-state index >= 15 is 0 Å². The van der Waals surface area contributed by atoms with Crippen LogP contribution < -0.4 is 0 Å². The quantitative estimate of drug-likeness (QED) is 0.693. The van der Waals surface area contributed by atoms with Gasteiger partial charge in [0.05, 0.1) is 0 Å². The molecule has 0 aromatic heterocycles. The predicted molar refractivity (Wildman–Crippen MR) is 57.3 cm³/mol. The number of aliphatic hydroxyl groups excluding tert-OH is 1. The summed E-state index contributed by atoms with van der Waals surface area (Å²) in [5.74, 6) is -2.40. The molecule has 0 aliphatic heterocycles. The second-order valence-electron chi connectivity index (χ2n) is 3.31. The monoisotopic (exact) mass is 264 g/mol. The van der Waals surface area contributed by atoms with Gasteiger partial charge in [-0.2, -0.15) is 0 Å². The fraction of sp³-hybridized carbons (Fsp3) is 0.667. The lowest BCUT2D eigenvalue weighted by atomic mass is 10.5. The van der Waals surface area contributed by atoms with E-state index in [-0.39, 0.29) is 6.42 Å². The molecule has 0 heterocycles.